The molecule has 0 aliphatic carbocycles. The summed E-state index contributed by atoms with van der Waals surface area (Å²) in [5.41, 5.74) is 0. The molecule has 1 unspecified atom stereocenters. The van der Waals surface area contributed by atoms with Crippen molar-refractivity contribution in [3.63, 3.8) is 0 Å². The maximum Gasteiger partial charge on any atom is 0.303 e. The molecule has 0 aliphatic heterocycles. The third-order valence-corrected chi connectivity index (χ3v) is 1.41. The number of carboxylic acid groups (broad SMARTS) is 1. The van der Waals surface area contributed by atoms with E-state index in [-0.39, 0.29) is 23.5 Å². The molecule has 0 saturated heterocycles. The van der Waals surface area contributed by atoms with Gasteiger partial charge in [-0.1, -0.05) is 0 Å². The van der Waals surface area contributed by atoms with Gasteiger partial charge in [-0.05, 0) is 19.8 Å². The van der Waals surface area contributed by atoms with Crippen LogP contribution in [0.25, 0.3) is 0 Å². The Bertz CT molecular complexity index is 149. The normalized spacial score (nSPS) is 11.5. The molecule has 0 aliphatic rings. The first kappa shape index (κ1) is 15.1. The predicted octanol–water partition coefficient (Wildman–Crippen LogP) is 0.843. The summed E-state index contributed by atoms with van der Waals surface area (Å²) in [4.78, 5) is 20.4. The van der Waals surface area contributed by atoms with Crippen molar-refractivity contribution in [3.8, 4) is 0 Å². The number of carboxylic acids is 1. The molecule has 4 nitrogen and oxygen atoms in total. The van der Waals surface area contributed by atoms with Crippen LogP contribution in [-0.2, 0) is 31.4 Å². The molecule has 0 aromatic heterocycles. The molecule has 0 saturated carbocycles. The molecule has 0 aromatic carbocycles. The summed E-state index contributed by atoms with van der Waals surface area (Å²) >= 11 is 0. The molecule has 0 spiro atoms. The molecule has 0 bridgehead atoms. The maximum atomic E-state index is 10.3. The van der Waals surface area contributed by atoms with Gasteiger partial charge in [0, 0.05) is 30.1 Å². The largest absolute Gasteiger partial charge is 0.481 e. The van der Waals surface area contributed by atoms with Crippen molar-refractivity contribution in [1.82, 2.24) is 0 Å². The van der Waals surface area contributed by atoms with Crippen LogP contribution in [0.3, 0.4) is 0 Å². The van der Waals surface area contributed by atoms with Crippen molar-refractivity contribution in [2.24, 2.45) is 0 Å². The van der Waals surface area contributed by atoms with E-state index in [0.29, 0.717) is 25.7 Å². The van der Waals surface area contributed by atoms with E-state index in [4.69, 9.17) is 9.84 Å². The summed E-state index contributed by atoms with van der Waals surface area (Å²) in [6.45, 7) is 2.28. The topological polar surface area (TPSA) is 63.6 Å². The van der Waals surface area contributed by atoms with Gasteiger partial charge in [0.05, 0.1) is 0 Å². The van der Waals surface area contributed by atoms with E-state index < -0.39 is 12.1 Å². The summed E-state index contributed by atoms with van der Waals surface area (Å²) in [5, 5.41) is 8.30. The predicted molar refractivity (Wildman–Crippen MR) is 43.0 cm³/mol. The minimum absolute atomic E-state index is 0. The zero-order valence-corrected chi connectivity index (χ0v) is 8.40. The molecular weight excluding hydrogens is 224 g/mol. The van der Waals surface area contributed by atoms with Crippen molar-refractivity contribution < 1.29 is 36.5 Å². The smallest absolute Gasteiger partial charge is 0.303 e. The monoisotopic (exact) mass is 237 g/mol. The second kappa shape index (κ2) is 9.71. The third kappa shape index (κ3) is 9.53. The van der Waals surface area contributed by atoms with Crippen LogP contribution in [0.15, 0.2) is 0 Å². The van der Waals surface area contributed by atoms with Crippen molar-refractivity contribution in [1.29, 1.82) is 0 Å². The van der Waals surface area contributed by atoms with Gasteiger partial charge in [-0.25, -0.2) is 0 Å². The summed E-state index contributed by atoms with van der Waals surface area (Å²) < 4.78 is 5.01. The van der Waals surface area contributed by atoms with E-state index in [9.17, 15) is 9.59 Å². The Balaban J connectivity index is 0. The quantitative estimate of drug-likeness (QED) is 0.527. The molecule has 1 N–H and O–H groups in total. The third-order valence-electron chi connectivity index (χ3n) is 1.41. The van der Waals surface area contributed by atoms with Gasteiger partial charge >= 0.3 is 5.97 Å². The fraction of sp³-hybridized carbons (Fsp3) is 0.750. The molecule has 1 atom stereocenters. The Morgan fingerprint density at radius 2 is 2.23 bits per heavy atom. The van der Waals surface area contributed by atoms with E-state index in [1.54, 1.807) is 6.92 Å². The Labute approximate surface area is 88.1 Å². The Hall–Kier alpha value is -0.381. The fourth-order valence-corrected chi connectivity index (χ4v) is 0.859. The van der Waals surface area contributed by atoms with Crippen LogP contribution in [0, 0.1) is 0 Å². The zero-order chi connectivity index (χ0) is 9.40. The average Bonchev–Trinajstić information content (AvgIpc) is 2.02. The van der Waals surface area contributed by atoms with Crippen LogP contribution in [0.1, 0.15) is 26.2 Å². The Kier molecular flexibility index (Phi) is 11.3. The second-order valence-corrected chi connectivity index (χ2v) is 2.42. The SMILES string of the molecule is CCOC(C=O)CCCC(=O)O.[Cu]. The van der Waals surface area contributed by atoms with Gasteiger partial charge in [-0.2, -0.15) is 0 Å². The molecule has 5 heteroatoms. The maximum absolute atomic E-state index is 10.3. The molecular formula is C8H14CuO4. The first-order valence-corrected chi connectivity index (χ1v) is 3.99. The second-order valence-electron chi connectivity index (χ2n) is 2.42. The van der Waals surface area contributed by atoms with Crippen molar-refractivity contribution in [2.75, 3.05) is 6.61 Å². The van der Waals surface area contributed by atoms with Crippen molar-refractivity contribution >= 4 is 12.3 Å². The van der Waals surface area contributed by atoms with Crippen LogP contribution < -0.4 is 0 Å². The van der Waals surface area contributed by atoms with Crippen LogP contribution in [0.2, 0.25) is 0 Å². The summed E-state index contributed by atoms with van der Waals surface area (Å²) in [7, 11) is 0. The fourth-order valence-electron chi connectivity index (χ4n) is 0.859. The molecule has 1 radical (unpaired) electrons. The molecule has 0 heterocycles. The van der Waals surface area contributed by atoms with Gasteiger partial charge in [-0.15, -0.1) is 0 Å². The van der Waals surface area contributed by atoms with Crippen molar-refractivity contribution in [3.05, 3.63) is 0 Å². The van der Waals surface area contributed by atoms with E-state index in [1.165, 1.54) is 0 Å². The van der Waals surface area contributed by atoms with E-state index in [0.717, 1.165) is 0 Å². The molecule has 0 rings (SSSR count). The van der Waals surface area contributed by atoms with Gasteiger partial charge in [0.2, 0.25) is 0 Å². The minimum Gasteiger partial charge on any atom is -0.481 e. The standard InChI is InChI=1S/C8H14O4.Cu/c1-2-12-7(6-9)4-3-5-8(10)11;/h6-7H,2-5H2,1H3,(H,10,11);. The molecule has 0 aromatic rings. The number of aliphatic carboxylic acids is 1. The zero-order valence-electron chi connectivity index (χ0n) is 7.46. The van der Waals surface area contributed by atoms with Gasteiger partial charge in [0.1, 0.15) is 12.4 Å². The number of carbonyl (C=O) groups excluding carboxylic acids is 1. The number of carbonyl (C=O) groups is 2. The summed E-state index contributed by atoms with van der Waals surface area (Å²) in [6.07, 6.45) is 1.35. The molecule has 81 valence electrons. The van der Waals surface area contributed by atoms with Gasteiger partial charge in [0.15, 0.2) is 0 Å². The average molecular weight is 238 g/mol. The van der Waals surface area contributed by atoms with Crippen molar-refractivity contribution in [2.45, 2.75) is 32.3 Å². The molecule has 0 fully saturated rings. The van der Waals surface area contributed by atoms with Crippen LogP contribution in [-0.4, -0.2) is 30.1 Å². The first-order chi connectivity index (χ1) is 5.70. The molecule has 0 amide bonds. The molecule has 13 heavy (non-hydrogen) atoms. The first-order valence-electron chi connectivity index (χ1n) is 3.99. The van der Waals surface area contributed by atoms with Gasteiger partial charge in [0.25, 0.3) is 0 Å². The Morgan fingerprint density at radius 1 is 1.62 bits per heavy atom. The van der Waals surface area contributed by atoms with Crippen LogP contribution in [0.5, 0.6) is 0 Å². The number of hydrogen-bond donors (Lipinski definition) is 1. The van der Waals surface area contributed by atoms with Crippen LogP contribution in [0.4, 0.5) is 0 Å². The Morgan fingerprint density at radius 3 is 2.62 bits per heavy atom. The van der Waals surface area contributed by atoms with E-state index in [2.05, 4.69) is 0 Å². The number of ether oxygens (including phenoxy) is 1. The van der Waals surface area contributed by atoms with Gasteiger partial charge in [-0.3, -0.25) is 4.79 Å². The van der Waals surface area contributed by atoms with E-state index in [1.807, 2.05) is 0 Å². The van der Waals surface area contributed by atoms with E-state index >= 15 is 0 Å². The number of rotatable bonds is 7. The summed E-state index contributed by atoms with van der Waals surface area (Å²) in [5.74, 6) is -0.837. The van der Waals surface area contributed by atoms with Gasteiger partial charge < -0.3 is 14.6 Å². The summed E-state index contributed by atoms with van der Waals surface area (Å²) in [6, 6.07) is 0. The number of hydrogen-bond acceptors (Lipinski definition) is 3. The number of aldehydes is 1. The van der Waals surface area contributed by atoms with Crippen LogP contribution >= 0.6 is 0 Å². The minimum atomic E-state index is -0.837.